The van der Waals surface area contributed by atoms with Gasteiger partial charge in [0, 0.05) is 6.54 Å². The van der Waals surface area contributed by atoms with E-state index in [4.69, 9.17) is 4.74 Å². The molecular formula is C19H24N2O3. The summed E-state index contributed by atoms with van der Waals surface area (Å²) in [6.45, 7) is 7.36. The number of hydrogen-bond acceptors (Lipinski definition) is 3. The molecule has 2 rings (SSSR count). The normalized spacial score (nSPS) is 12.5. The average molecular weight is 328 g/mol. The van der Waals surface area contributed by atoms with Crippen molar-refractivity contribution < 1.29 is 14.3 Å². The Labute approximate surface area is 142 Å². The number of carbonyl (C=O) groups is 2. The predicted molar refractivity (Wildman–Crippen MR) is 94.6 cm³/mol. The number of amides is 2. The molecule has 0 aliphatic carbocycles. The van der Waals surface area contributed by atoms with Crippen LogP contribution in [-0.4, -0.2) is 23.6 Å². The molecule has 128 valence electrons. The van der Waals surface area contributed by atoms with Crippen LogP contribution in [0.3, 0.4) is 0 Å². The van der Waals surface area contributed by atoms with Crippen molar-refractivity contribution in [2.45, 2.75) is 45.9 Å². The maximum absolute atomic E-state index is 12.2. The van der Waals surface area contributed by atoms with Crippen LogP contribution in [0.2, 0.25) is 0 Å². The maximum atomic E-state index is 12.2. The number of alkyl carbamates (subject to hydrolysis) is 1. The number of carbonyl (C=O) groups excluding carboxylic acids is 2. The first kappa shape index (κ1) is 17.8. The molecule has 0 unspecified atom stereocenters. The Morgan fingerprint density at radius 2 is 1.75 bits per heavy atom. The molecule has 0 heterocycles. The van der Waals surface area contributed by atoms with Gasteiger partial charge in [0.2, 0.25) is 5.91 Å². The van der Waals surface area contributed by atoms with Gasteiger partial charge in [-0.05, 0) is 44.0 Å². The molecule has 1 atom stereocenters. The number of ether oxygens (including phenoxy) is 1. The Balaban J connectivity index is 1.93. The molecule has 5 nitrogen and oxygen atoms in total. The van der Waals surface area contributed by atoms with Gasteiger partial charge in [0.15, 0.2) is 0 Å². The van der Waals surface area contributed by atoms with Crippen LogP contribution >= 0.6 is 0 Å². The van der Waals surface area contributed by atoms with Crippen molar-refractivity contribution in [2.75, 3.05) is 0 Å². The molecule has 5 heteroatoms. The SMILES string of the molecule is C[C@H](NC(=O)OC(C)(C)C)C(=O)NCc1cccc2ccccc12. The summed E-state index contributed by atoms with van der Waals surface area (Å²) in [6.07, 6.45) is -0.602. The first-order chi connectivity index (χ1) is 11.3. The Bertz CT molecular complexity index is 729. The lowest BCUT2D eigenvalue weighted by molar-refractivity contribution is -0.122. The first-order valence-corrected chi connectivity index (χ1v) is 8.00. The number of benzene rings is 2. The van der Waals surface area contributed by atoms with Crippen molar-refractivity contribution in [1.29, 1.82) is 0 Å². The molecule has 0 fully saturated rings. The fourth-order valence-corrected chi connectivity index (χ4v) is 2.33. The third-order valence-corrected chi connectivity index (χ3v) is 3.46. The van der Waals surface area contributed by atoms with E-state index >= 15 is 0 Å². The van der Waals surface area contributed by atoms with Gasteiger partial charge in [0.05, 0.1) is 0 Å². The lowest BCUT2D eigenvalue weighted by atomic mass is 10.0. The molecule has 0 spiro atoms. The van der Waals surface area contributed by atoms with Gasteiger partial charge in [-0.15, -0.1) is 0 Å². The fourth-order valence-electron chi connectivity index (χ4n) is 2.33. The van der Waals surface area contributed by atoms with Crippen LogP contribution < -0.4 is 10.6 Å². The third-order valence-electron chi connectivity index (χ3n) is 3.46. The van der Waals surface area contributed by atoms with E-state index in [1.807, 2.05) is 42.5 Å². The van der Waals surface area contributed by atoms with Crippen molar-refractivity contribution in [3.8, 4) is 0 Å². The zero-order valence-electron chi connectivity index (χ0n) is 14.6. The van der Waals surface area contributed by atoms with E-state index in [0.717, 1.165) is 16.3 Å². The van der Waals surface area contributed by atoms with Crippen molar-refractivity contribution in [2.24, 2.45) is 0 Å². The minimum atomic E-state index is -0.671. The van der Waals surface area contributed by atoms with Crippen LogP contribution in [-0.2, 0) is 16.1 Å². The standard InChI is InChI=1S/C19H24N2O3/c1-13(21-18(23)24-19(2,3)4)17(22)20-12-15-10-7-9-14-8-5-6-11-16(14)15/h5-11,13H,12H2,1-4H3,(H,20,22)(H,21,23)/t13-/m0/s1. The molecule has 0 saturated carbocycles. The Hall–Kier alpha value is -2.56. The second kappa shape index (κ2) is 7.34. The average Bonchev–Trinajstić information content (AvgIpc) is 2.50. The summed E-state index contributed by atoms with van der Waals surface area (Å²) >= 11 is 0. The van der Waals surface area contributed by atoms with Crippen molar-refractivity contribution in [3.05, 3.63) is 48.0 Å². The topological polar surface area (TPSA) is 67.4 Å². The Kier molecular flexibility index (Phi) is 5.44. The summed E-state index contributed by atoms with van der Waals surface area (Å²) in [6, 6.07) is 13.3. The smallest absolute Gasteiger partial charge is 0.408 e. The number of nitrogens with one attached hydrogen (secondary N) is 2. The van der Waals surface area contributed by atoms with E-state index in [0.29, 0.717) is 6.54 Å². The molecule has 0 radical (unpaired) electrons. The minimum absolute atomic E-state index is 0.256. The summed E-state index contributed by atoms with van der Waals surface area (Å²) in [5.41, 5.74) is 0.439. The van der Waals surface area contributed by atoms with Crippen LogP contribution in [0.5, 0.6) is 0 Å². The summed E-state index contributed by atoms with van der Waals surface area (Å²) in [7, 11) is 0. The lowest BCUT2D eigenvalue weighted by Gasteiger charge is -2.21. The number of rotatable bonds is 4. The van der Waals surface area contributed by atoms with E-state index in [2.05, 4.69) is 10.6 Å². The van der Waals surface area contributed by atoms with E-state index in [1.54, 1.807) is 27.7 Å². The number of fused-ring (bicyclic) bond motifs is 1. The van der Waals surface area contributed by atoms with Gasteiger partial charge in [0.25, 0.3) is 0 Å². The minimum Gasteiger partial charge on any atom is -0.444 e. The highest BCUT2D eigenvalue weighted by molar-refractivity contribution is 5.87. The summed E-state index contributed by atoms with van der Waals surface area (Å²) in [4.78, 5) is 23.9. The lowest BCUT2D eigenvalue weighted by Crippen LogP contribution is -2.46. The van der Waals surface area contributed by atoms with Crippen molar-refractivity contribution in [1.82, 2.24) is 10.6 Å². The largest absolute Gasteiger partial charge is 0.444 e. The zero-order valence-corrected chi connectivity index (χ0v) is 14.6. The first-order valence-electron chi connectivity index (χ1n) is 8.00. The summed E-state index contributed by atoms with van der Waals surface area (Å²) < 4.78 is 5.15. The van der Waals surface area contributed by atoms with Gasteiger partial charge in [-0.2, -0.15) is 0 Å². The fraction of sp³-hybridized carbons (Fsp3) is 0.368. The quantitative estimate of drug-likeness (QED) is 0.904. The maximum Gasteiger partial charge on any atom is 0.408 e. The van der Waals surface area contributed by atoms with E-state index < -0.39 is 17.7 Å². The van der Waals surface area contributed by atoms with Crippen LogP contribution in [0.4, 0.5) is 4.79 Å². The van der Waals surface area contributed by atoms with Crippen LogP contribution in [0.1, 0.15) is 33.3 Å². The molecule has 0 aromatic heterocycles. The van der Waals surface area contributed by atoms with Gasteiger partial charge >= 0.3 is 6.09 Å². The van der Waals surface area contributed by atoms with Gasteiger partial charge in [-0.3, -0.25) is 4.79 Å². The molecule has 0 aliphatic heterocycles. The predicted octanol–water partition coefficient (Wildman–Crippen LogP) is 3.37. The van der Waals surface area contributed by atoms with Crippen LogP contribution in [0.25, 0.3) is 10.8 Å². The molecule has 0 saturated heterocycles. The summed E-state index contributed by atoms with van der Waals surface area (Å²) in [5.74, 6) is -0.256. The second-order valence-corrected chi connectivity index (χ2v) is 6.72. The van der Waals surface area contributed by atoms with Gasteiger partial charge < -0.3 is 15.4 Å². The molecule has 2 N–H and O–H groups in total. The van der Waals surface area contributed by atoms with Gasteiger partial charge in [0.1, 0.15) is 11.6 Å². The monoisotopic (exact) mass is 328 g/mol. The van der Waals surface area contributed by atoms with Crippen LogP contribution in [0, 0.1) is 0 Å². The van der Waals surface area contributed by atoms with Crippen molar-refractivity contribution in [3.63, 3.8) is 0 Å². The van der Waals surface area contributed by atoms with Crippen LogP contribution in [0.15, 0.2) is 42.5 Å². The summed E-state index contributed by atoms with van der Waals surface area (Å²) in [5, 5.41) is 7.62. The molecule has 2 aromatic carbocycles. The highest BCUT2D eigenvalue weighted by atomic mass is 16.6. The highest BCUT2D eigenvalue weighted by Gasteiger charge is 2.20. The number of hydrogen-bond donors (Lipinski definition) is 2. The molecule has 0 bridgehead atoms. The van der Waals surface area contributed by atoms with Gasteiger partial charge in [-0.25, -0.2) is 4.79 Å². The second-order valence-electron chi connectivity index (χ2n) is 6.72. The molecule has 2 amide bonds. The molecule has 24 heavy (non-hydrogen) atoms. The highest BCUT2D eigenvalue weighted by Crippen LogP contribution is 2.18. The molecule has 2 aromatic rings. The Morgan fingerprint density at radius 1 is 1.08 bits per heavy atom. The Morgan fingerprint density at radius 3 is 2.46 bits per heavy atom. The van der Waals surface area contributed by atoms with Crippen molar-refractivity contribution >= 4 is 22.8 Å². The van der Waals surface area contributed by atoms with E-state index in [1.165, 1.54) is 0 Å². The third kappa shape index (κ3) is 4.98. The van der Waals surface area contributed by atoms with E-state index in [-0.39, 0.29) is 5.91 Å². The van der Waals surface area contributed by atoms with E-state index in [9.17, 15) is 9.59 Å². The zero-order chi connectivity index (χ0) is 17.7. The van der Waals surface area contributed by atoms with Gasteiger partial charge in [-0.1, -0.05) is 42.5 Å². The molecule has 0 aliphatic rings. The molecular weight excluding hydrogens is 304 g/mol.